The monoisotopic (exact) mass is 273 g/mol. The Kier molecular flexibility index (Phi) is 4.37. The molecule has 0 aliphatic carbocycles. The molecule has 0 saturated carbocycles. The fourth-order valence-corrected chi connectivity index (χ4v) is 1.93. The minimum Gasteiger partial charge on any atom is -0.478 e. The maximum absolute atomic E-state index is 10.9. The number of carboxylic acid groups (broad SMARTS) is 1. The highest BCUT2D eigenvalue weighted by Crippen LogP contribution is 2.20. The molecule has 0 radical (unpaired) electrons. The van der Waals surface area contributed by atoms with Crippen molar-refractivity contribution in [2.45, 2.75) is 5.75 Å². The molecule has 1 rings (SSSR count). The molecule has 98 valence electrons. The maximum Gasteiger partial charge on any atom is 0.336 e. The first kappa shape index (κ1) is 14.1. The number of carboxylic acids is 1. The van der Waals surface area contributed by atoms with Crippen molar-refractivity contribution >= 4 is 28.1 Å². The average molecular weight is 273 g/mol. The second-order valence-corrected chi connectivity index (χ2v) is 4.75. The predicted octanol–water partition coefficient (Wildman–Crippen LogP) is -0.104. The molecule has 1 aromatic carbocycles. The van der Waals surface area contributed by atoms with E-state index in [0.29, 0.717) is 5.69 Å². The summed E-state index contributed by atoms with van der Waals surface area (Å²) in [5.74, 6) is 2.88. The lowest BCUT2D eigenvalue weighted by Crippen LogP contribution is -2.18. The molecule has 0 heterocycles. The molecular formula is C9H11N3O5S. The van der Waals surface area contributed by atoms with Crippen molar-refractivity contribution in [2.24, 2.45) is 10.8 Å². The number of nitrogens with zero attached hydrogens (tertiary/aromatic N) is 1. The Morgan fingerprint density at radius 1 is 1.50 bits per heavy atom. The van der Waals surface area contributed by atoms with Gasteiger partial charge in [-0.3, -0.25) is 4.55 Å². The lowest BCUT2D eigenvalue weighted by atomic mass is 10.1. The van der Waals surface area contributed by atoms with Crippen LogP contribution in [0.1, 0.15) is 15.9 Å². The molecular weight excluding hydrogens is 262 g/mol. The SMILES string of the molecule is NNC=Nc1ccc(C(=O)O)c(CS(=O)(=O)O)c1. The summed E-state index contributed by atoms with van der Waals surface area (Å²) in [6, 6.07) is 3.82. The van der Waals surface area contributed by atoms with Crippen molar-refractivity contribution in [3.8, 4) is 0 Å². The van der Waals surface area contributed by atoms with Crippen LogP contribution >= 0.6 is 0 Å². The standard InChI is InChI=1S/C9H11N3O5S/c10-12-5-11-7-1-2-8(9(13)14)6(3-7)4-18(15,16)17/h1-3,5H,4,10H2,(H,11,12)(H,13,14)(H,15,16,17). The molecule has 0 amide bonds. The largest absolute Gasteiger partial charge is 0.478 e. The van der Waals surface area contributed by atoms with Crippen molar-refractivity contribution in [3.05, 3.63) is 29.3 Å². The number of nitrogens with two attached hydrogens (primary N) is 1. The minimum atomic E-state index is -4.33. The van der Waals surface area contributed by atoms with Crippen molar-refractivity contribution in [2.75, 3.05) is 0 Å². The molecule has 1 aromatic rings. The fourth-order valence-electron chi connectivity index (χ4n) is 1.30. The van der Waals surface area contributed by atoms with Gasteiger partial charge in [0.15, 0.2) is 0 Å². The quantitative estimate of drug-likeness (QED) is 0.193. The molecule has 0 aromatic heterocycles. The second kappa shape index (κ2) is 5.58. The summed E-state index contributed by atoms with van der Waals surface area (Å²) in [4.78, 5) is 14.7. The third-order valence-electron chi connectivity index (χ3n) is 1.95. The van der Waals surface area contributed by atoms with Gasteiger partial charge >= 0.3 is 5.97 Å². The van der Waals surface area contributed by atoms with E-state index in [9.17, 15) is 13.2 Å². The average Bonchev–Trinajstić information content (AvgIpc) is 2.23. The number of hydrogen-bond donors (Lipinski definition) is 4. The number of nitrogens with one attached hydrogen (secondary N) is 1. The highest BCUT2D eigenvalue weighted by atomic mass is 32.2. The summed E-state index contributed by atoms with van der Waals surface area (Å²) >= 11 is 0. The van der Waals surface area contributed by atoms with Crippen LogP contribution in [0.4, 0.5) is 5.69 Å². The number of hydrogen-bond acceptors (Lipinski definition) is 5. The van der Waals surface area contributed by atoms with Gasteiger partial charge in [-0.05, 0) is 23.8 Å². The van der Waals surface area contributed by atoms with Crippen LogP contribution in [-0.2, 0) is 15.9 Å². The zero-order chi connectivity index (χ0) is 13.8. The summed E-state index contributed by atoms with van der Waals surface area (Å²) in [7, 11) is -4.33. The molecule has 0 bridgehead atoms. The Morgan fingerprint density at radius 3 is 2.67 bits per heavy atom. The van der Waals surface area contributed by atoms with Gasteiger partial charge in [-0.2, -0.15) is 8.42 Å². The Hall–Kier alpha value is -1.97. The van der Waals surface area contributed by atoms with Gasteiger partial charge in [0.2, 0.25) is 0 Å². The van der Waals surface area contributed by atoms with Gasteiger partial charge < -0.3 is 10.5 Å². The molecule has 5 N–H and O–H groups in total. The number of aliphatic imine (C=N–C) groups is 1. The first-order chi connectivity index (χ1) is 8.33. The molecule has 8 nitrogen and oxygen atoms in total. The van der Waals surface area contributed by atoms with E-state index < -0.39 is 21.8 Å². The molecule has 0 spiro atoms. The number of hydrazine groups is 1. The fraction of sp³-hybridized carbons (Fsp3) is 0.111. The molecule has 0 aliphatic rings. The first-order valence-electron chi connectivity index (χ1n) is 4.63. The normalized spacial score (nSPS) is 11.7. The van der Waals surface area contributed by atoms with E-state index in [-0.39, 0.29) is 11.1 Å². The van der Waals surface area contributed by atoms with E-state index >= 15 is 0 Å². The predicted molar refractivity (Wildman–Crippen MR) is 64.1 cm³/mol. The number of benzene rings is 1. The molecule has 0 fully saturated rings. The van der Waals surface area contributed by atoms with Gasteiger partial charge in [0.1, 0.15) is 12.1 Å². The Bertz CT molecular complexity index is 582. The van der Waals surface area contributed by atoms with Crippen LogP contribution in [0.2, 0.25) is 0 Å². The Labute approximate surface area is 103 Å². The highest BCUT2D eigenvalue weighted by Gasteiger charge is 2.16. The maximum atomic E-state index is 10.9. The van der Waals surface area contributed by atoms with Crippen molar-refractivity contribution < 1.29 is 22.9 Å². The number of carbonyl (C=O) groups is 1. The van der Waals surface area contributed by atoms with E-state index in [1.54, 1.807) is 0 Å². The third-order valence-corrected chi connectivity index (χ3v) is 2.62. The van der Waals surface area contributed by atoms with Gasteiger partial charge in [-0.25, -0.2) is 15.6 Å². The van der Waals surface area contributed by atoms with Gasteiger partial charge in [-0.15, -0.1) is 0 Å². The molecule has 0 saturated heterocycles. The van der Waals surface area contributed by atoms with Crippen LogP contribution in [0, 0.1) is 0 Å². The van der Waals surface area contributed by atoms with Gasteiger partial charge in [0, 0.05) is 0 Å². The highest BCUT2D eigenvalue weighted by molar-refractivity contribution is 7.85. The van der Waals surface area contributed by atoms with Crippen molar-refractivity contribution in [1.29, 1.82) is 0 Å². The van der Waals surface area contributed by atoms with Crippen LogP contribution in [-0.4, -0.2) is 30.4 Å². The number of rotatable bonds is 5. The smallest absolute Gasteiger partial charge is 0.336 e. The summed E-state index contributed by atoms with van der Waals surface area (Å²) in [5.41, 5.74) is 2.17. The minimum absolute atomic E-state index is 0.0586. The van der Waals surface area contributed by atoms with Gasteiger partial charge in [0.25, 0.3) is 10.1 Å². The molecule has 9 heteroatoms. The zero-order valence-corrected chi connectivity index (χ0v) is 9.88. The van der Waals surface area contributed by atoms with Gasteiger partial charge in [-0.1, -0.05) is 0 Å². The first-order valence-corrected chi connectivity index (χ1v) is 6.24. The van der Waals surface area contributed by atoms with E-state index in [1.807, 2.05) is 0 Å². The van der Waals surface area contributed by atoms with Crippen LogP contribution in [0.3, 0.4) is 0 Å². The molecule has 0 atom stereocenters. The Balaban J connectivity index is 3.24. The Morgan fingerprint density at radius 2 is 2.17 bits per heavy atom. The van der Waals surface area contributed by atoms with Crippen LogP contribution < -0.4 is 11.3 Å². The van der Waals surface area contributed by atoms with Crippen molar-refractivity contribution in [3.63, 3.8) is 0 Å². The molecule has 0 aliphatic heterocycles. The number of aromatic carboxylic acids is 1. The lowest BCUT2D eigenvalue weighted by molar-refractivity contribution is 0.0696. The molecule has 18 heavy (non-hydrogen) atoms. The second-order valence-electron chi connectivity index (χ2n) is 3.30. The van der Waals surface area contributed by atoms with E-state index in [1.165, 1.54) is 18.2 Å². The summed E-state index contributed by atoms with van der Waals surface area (Å²) in [5, 5.41) is 8.88. The topological polar surface area (TPSA) is 142 Å². The molecule has 0 unspecified atom stereocenters. The zero-order valence-electron chi connectivity index (χ0n) is 9.07. The van der Waals surface area contributed by atoms with Crippen LogP contribution in [0.5, 0.6) is 0 Å². The van der Waals surface area contributed by atoms with Crippen LogP contribution in [0.25, 0.3) is 0 Å². The summed E-state index contributed by atoms with van der Waals surface area (Å²) in [6.45, 7) is 0. The van der Waals surface area contributed by atoms with E-state index in [4.69, 9.17) is 15.5 Å². The van der Waals surface area contributed by atoms with Crippen molar-refractivity contribution in [1.82, 2.24) is 5.43 Å². The third kappa shape index (κ3) is 4.13. The van der Waals surface area contributed by atoms with Crippen LogP contribution in [0.15, 0.2) is 23.2 Å². The van der Waals surface area contributed by atoms with Gasteiger partial charge in [0.05, 0.1) is 11.3 Å². The van der Waals surface area contributed by atoms with E-state index in [2.05, 4.69) is 10.4 Å². The van der Waals surface area contributed by atoms with E-state index in [0.717, 1.165) is 6.34 Å². The lowest BCUT2D eigenvalue weighted by Gasteiger charge is -2.05. The summed E-state index contributed by atoms with van der Waals surface area (Å²) < 4.78 is 30.3. The summed E-state index contributed by atoms with van der Waals surface area (Å²) in [6.07, 6.45) is 1.15.